The first-order chi connectivity index (χ1) is 9.37. The van der Waals surface area contributed by atoms with Crippen LogP contribution in [0.1, 0.15) is 31.1 Å². The van der Waals surface area contributed by atoms with Gasteiger partial charge in [-0.15, -0.1) is 0 Å². The average Bonchev–Trinajstić information content (AvgIpc) is 2.37. The number of esters is 1. The molecule has 2 aromatic rings. The molecule has 0 aliphatic carbocycles. The molecule has 0 aromatic heterocycles. The maximum absolute atomic E-state index is 13.5. The fourth-order valence-corrected chi connectivity index (χ4v) is 1.88. The third-order valence-electron chi connectivity index (χ3n) is 2.69. The number of rotatable bonds is 2. The Morgan fingerprint density at radius 2 is 1.70 bits per heavy atom. The van der Waals surface area contributed by atoms with Crippen molar-refractivity contribution in [1.29, 1.82) is 0 Å². The molecule has 2 aromatic carbocycles. The fraction of sp³-hybridized carbons (Fsp3) is 0.235. The molecule has 0 saturated carbocycles. The van der Waals surface area contributed by atoms with E-state index in [1.807, 2.05) is 30.3 Å². The topological polar surface area (TPSA) is 26.3 Å². The number of hydrogen-bond acceptors (Lipinski definition) is 2. The van der Waals surface area contributed by atoms with Crippen molar-refractivity contribution in [1.82, 2.24) is 0 Å². The van der Waals surface area contributed by atoms with Crippen molar-refractivity contribution in [3.63, 3.8) is 0 Å². The SMILES string of the molecule is CC(C)(C)OC(=O)c1ccc(F)cc1-c1ccccc1. The summed E-state index contributed by atoms with van der Waals surface area (Å²) in [4.78, 5) is 12.2. The number of carbonyl (C=O) groups is 1. The lowest BCUT2D eigenvalue weighted by molar-refractivity contribution is 0.00704. The van der Waals surface area contributed by atoms with Gasteiger partial charge in [-0.2, -0.15) is 0 Å². The Morgan fingerprint density at radius 3 is 2.30 bits per heavy atom. The van der Waals surface area contributed by atoms with Gasteiger partial charge in [0.1, 0.15) is 11.4 Å². The molecule has 0 spiro atoms. The molecule has 0 aliphatic heterocycles. The van der Waals surface area contributed by atoms with Crippen LogP contribution in [0.25, 0.3) is 11.1 Å². The van der Waals surface area contributed by atoms with Gasteiger partial charge in [-0.25, -0.2) is 9.18 Å². The predicted octanol–water partition coefficient (Wildman–Crippen LogP) is 4.45. The van der Waals surface area contributed by atoms with Gasteiger partial charge in [-0.3, -0.25) is 0 Å². The lowest BCUT2D eigenvalue weighted by Crippen LogP contribution is -2.24. The first-order valence-corrected chi connectivity index (χ1v) is 6.45. The van der Waals surface area contributed by atoms with E-state index in [1.54, 1.807) is 20.8 Å². The second-order valence-corrected chi connectivity index (χ2v) is 5.56. The first kappa shape index (κ1) is 14.3. The minimum atomic E-state index is -0.584. The van der Waals surface area contributed by atoms with E-state index in [0.717, 1.165) is 5.56 Å². The van der Waals surface area contributed by atoms with Crippen LogP contribution >= 0.6 is 0 Å². The van der Waals surface area contributed by atoms with Gasteiger partial charge in [0.25, 0.3) is 0 Å². The number of carbonyl (C=O) groups excluding carboxylic acids is 1. The number of halogens is 1. The highest BCUT2D eigenvalue weighted by Gasteiger charge is 2.21. The largest absolute Gasteiger partial charge is 0.456 e. The van der Waals surface area contributed by atoms with E-state index in [0.29, 0.717) is 11.1 Å². The lowest BCUT2D eigenvalue weighted by atomic mass is 9.99. The van der Waals surface area contributed by atoms with E-state index in [1.165, 1.54) is 18.2 Å². The molecule has 0 N–H and O–H groups in total. The van der Waals surface area contributed by atoms with Crippen molar-refractivity contribution >= 4 is 5.97 Å². The molecule has 0 amide bonds. The van der Waals surface area contributed by atoms with Crippen LogP contribution in [0.3, 0.4) is 0 Å². The minimum absolute atomic E-state index is 0.368. The van der Waals surface area contributed by atoms with Gasteiger partial charge in [-0.05, 0) is 50.1 Å². The van der Waals surface area contributed by atoms with Gasteiger partial charge in [0.2, 0.25) is 0 Å². The third kappa shape index (κ3) is 3.44. The summed E-state index contributed by atoms with van der Waals surface area (Å²) < 4.78 is 18.8. The van der Waals surface area contributed by atoms with Crippen LogP contribution in [0, 0.1) is 5.82 Å². The Morgan fingerprint density at radius 1 is 1.05 bits per heavy atom. The van der Waals surface area contributed by atoms with Gasteiger partial charge >= 0.3 is 5.97 Å². The van der Waals surface area contributed by atoms with Crippen molar-refractivity contribution < 1.29 is 13.9 Å². The van der Waals surface area contributed by atoms with E-state index < -0.39 is 11.6 Å². The highest BCUT2D eigenvalue weighted by Crippen LogP contribution is 2.26. The molecule has 0 unspecified atom stereocenters. The van der Waals surface area contributed by atoms with Crippen LogP contribution in [0.4, 0.5) is 4.39 Å². The lowest BCUT2D eigenvalue weighted by Gasteiger charge is -2.20. The van der Waals surface area contributed by atoms with E-state index in [4.69, 9.17) is 4.74 Å². The molecule has 2 nitrogen and oxygen atoms in total. The molecule has 20 heavy (non-hydrogen) atoms. The molecule has 0 aliphatic rings. The minimum Gasteiger partial charge on any atom is -0.456 e. The first-order valence-electron chi connectivity index (χ1n) is 6.45. The smallest absolute Gasteiger partial charge is 0.339 e. The molecule has 0 saturated heterocycles. The van der Waals surface area contributed by atoms with E-state index in [9.17, 15) is 9.18 Å². The molecular formula is C17H17FO2. The molecule has 3 heteroatoms. The van der Waals surface area contributed by atoms with E-state index in [-0.39, 0.29) is 5.82 Å². The molecule has 2 rings (SSSR count). The zero-order chi connectivity index (χ0) is 14.8. The van der Waals surface area contributed by atoms with Gasteiger partial charge < -0.3 is 4.74 Å². The maximum Gasteiger partial charge on any atom is 0.339 e. The van der Waals surface area contributed by atoms with Crippen molar-refractivity contribution in [3.05, 3.63) is 59.9 Å². The highest BCUT2D eigenvalue weighted by atomic mass is 19.1. The maximum atomic E-state index is 13.5. The number of benzene rings is 2. The van der Waals surface area contributed by atoms with E-state index >= 15 is 0 Å². The van der Waals surface area contributed by atoms with Crippen molar-refractivity contribution in [2.24, 2.45) is 0 Å². The second kappa shape index (κ2) is 5.45. The van der Waals surface area contributed by atoms with Crippen LogP contribution in [0.15, 0.2) is 48.5 Å². The van der Waals surface area contributed by atoms with Crippen LogP contribution in [-0.2, 0) is 4.74 Å². The van der Waals surface area contributed by atoms with Crippen molar-refractivity contribution in [2.45, 2.75) is 26.4 Å². The molecular weight excluding hydrogens is 255 g/mol. The summed E-state index contributed by atoms with van der Waals surface area (Å²) >= 11 is 0. The normalized spacial score (nSPS) is 11.2. The monoisotopic (exact) mass is 272 g/mol. The highest BCUT2D eigenvalue weighted by molar-refractivity contribution is 5.97. The van der Waals surface area contributed by atoms with Crippen molar-refractivity contribution in [2.75, 3.05) is 0 Å². The summed E-state index contributed by atoms with van der Waals surface area (Å²) in [6.45, 7) is 5.41. The zero-order valence-corrected chi connectivity index (χ0v) is 11.8. The van der Waals surface area contributed by atoms with E-state index in [2.05, 4.69) is 0 Å². The van der Waals surface area contributed by atoms with Gasteiger partial charge in [-0.1, -0.05) is 30.3 Å². The summed E-state index contributed by atoms with van der Waals surface area (Å²) in [6.07, 6.45) is 0. The van der Waals surface area contributed by atoms with Gasteiger partial charge in [0.15, 0.2) is 0 Å². The quantitative estimate of drug-likeness (QED) is 0.755. The standard InChI is InChI=1S/C17H17FO2/c1-17(2,3)20-16(19)14-10-9-13(18)11-15(14)12-7-5-4-6-8-12/h4-11H,1-3H3. The Kier molecular flexibility index (Phi) is 3.89. The molecule has 0 atom stereocenters. The summed E-state index contributed by atoms with van der Waals surface area (Å²) in [5.41, 5.74) is 1.11. The fourth-order valence-electron chi connectivity index (χ4n) is 1.88. The summed E-state index contributed by atoms with van der Waals surface area (Å²) in [5, 5.41) is 0. The number of hydrogen-bond donors (Lipinski definition) is 0. The Balaban J connectivity index is 2.47. The second-order valence-electron chi connectivity index (χ2n) is 5.56. The third-order valence-corrected chi connectivity index (χ3v) is 2.69. The van der Waals surface area contributed by atoms with Gasteiger partial charge in [0.05, 0.1) is 5.56 Å². The van der Waals surface area contributed by atoms with Crippen LogP contribution in [-0.4, -0.2) is 11.6 Å². The van der Waals surface area contributed by atoms with Crippen LogP contribution in [0.2, 0.25) is 0 Å². The average molecular weight is 272 g/mol. The summed E-state index contributed by atoms with van der Waals surface area (Å²) in [6, 6.07) is 13.3. The van der Waals surface area contributed by atoms with Crippen LogP contribution < -0.4 is 0 Å². The Labute approximate surface area is 118 Å². The predicted molar refractivity (Wildman–Crippen MR) is 77.0 cm³/mol. The summed E-state index contributed by atoms with van der Waals surface area (Å²) in [7, 11) is 0. The molecule has 0 heterocycles. The number of ether oxygens (including phenoxy) is 1. The Hall–Kier alpha value is -2.16. The molecule has 0 radical (unpaired) electrons. The molecule has 0 bridgehead atoms. The molecule has 104 valence electrons. The Bertz CT molecular complexity index is 613. The molecule has 0 fully saturated rings. The van der Waals surface area contributed by atoms with Gasteiger partial charge in [0, 0.05) is 0 Å². The van der Waals surface area contributed by atoms with Crippen molar-refractivity contribution in [3.8, 4) is 11.1 Å². The summed E-state index contributed by atoms with van der Waals surface area (Å²) in [5.74, 6) is -0.826. The van der Waals surface area contributed by atoms with Crippen LogP contribution in [0.5, 0.6) is 0 Å². The zero-order valence-electron chi connectivity index (χ0n) is 11.8.